The number of halogens is 1. The minimum absolute atomic E-state index is 0.192. The number of esters is 1. The van der Waals surface area contributed by atoms with Gasteiger partial charge >= 0.3 is 5.97 Å². The Morgan fingerprint density at radius 3 is 2.62 bits per heavy atom. The lowest BCUT2D eigenvalue weighted by molar-refractivity contribution is -0.146. The summed E-state index contributed by atoms with van der Waals surface area (Å²) >= 11 is 12.3. The Balaban J connectivity index is 1.69. The first-order valence-electron chi connectivity index (χ1n) is 9.87. The molecule has 1 saturated heterocycles. The molecule has 168 valence electrons. The zero-order chi connectivity index (χ0) is 23.1. The summed E-state index contributed by atoms with van der Waals surface area (Å²) in [4.78, 5) is 26.3. The van der Waals surface area contributed by atoms with E-state index < -0.39 is 5.97 Å². The molecule has 0 N–H and O–H groups in total. The predicted octanol–water partition coefficient (Wildman–Crippen LogP) is 5.08. The zero-order valence-corrected chi connectivity index (χ0v) is 20.0. The third kappa shape index (κ3) is 6.25. The molecule has 0 bridgehead atoms. The summed E-state index contributed by atoms with van der Waals surface area (Å²) in [6.07, 6.45) is 2.42. The molecule has 0 spiro atoms. The van der Waals surface area contributed by atoms with Crippen molar-refractivity contribution in [3.63, 3.8) is 0 Å². The van der Waals surface area contributed by atoms with Gasteiger partial charge in [-0.15, -0.1) is 0 Å². The molecule has 32 heavy (non-hydrogen) atoms. The maximum absolute atomic E-state index is 12.7. The van der Waals surface area contributed by atoms with Crippen molar-refractivity contribution in [3.8, 4) is 11.5 Å². The lowest BCUT2D eigenvalue weighted by Gasteiger charge is -2.13. The summed E-state index contributed by atoms with van der Waals surface area (Å²) in [5, 5.41) is 0.666. The maximum atomic E-state index is 12.7. The second-order valence-corrected chi connectivity index (χ2v) is 8.93. The van der Waals surface area contributed by atoms with E-state index in [2.05, 4.69) is 0 Å². The molecule has 2 aromatic carbocycles. The van der Waals surface area contributed by atoms with Crippen LogP contribution in [0.25, 0.3) is 6.08 Å². The molecule has 0 aliphatic carbocycles. The number of benzene rings is 2. The lowest BCUT2D eigenvalue weighted by Crippen LogP contribution is -2.34. The summed E-state index contributed by atoms with van der Waals surface area (Å²) in [6, 6.07) is 12.8. The van der Waals surface area contributed by atoms with Gasteiger partial charge in [-0.1, -0.05) is 60.7 Å². The zero-order valence-electron chi connectivity index (χ0n) is 17.6. The van der Waals surface area contributed by atoms with Crippen LogP contribution < -0.4 is 9.47 Å². The topological polar surface area (TPSA) is 65.1 Å². The quantitative estimate of drug-likeness (QED) is 0.275. The van der Waals surface area contributed by atoms with Gasteiger partial charge in [0.05, 0.1) is 18.6 Å². The number of hydrogen-bond acceptors (Lipinski definition) is 7. The molecule has 0 aromatic heterocycles. The van der Waals surface area contributed by atoms with E-state index >= 15 is 0 Å². The SMILES string of the molecule is CCCOC(=O)CN1C(=O)C(=Cc2ccc(OCc3ccc(Cl)cc3)c(OC)c2)SC1=S. The molecule has 0 unspecified atom stereocenters. The molecule has 2 aromatic rings. The summed E-state index contributed by atoms with van der Waals surface area (Å²) < 4.78 is 16.7. The van der Waals surface area contributed by atoms with Gasteiger partial charge in [0.1, 0.15) is 17.5 Å². The minimum Gasteiger partial charge on any atom is -0.493 e. The normalized spacial score (nSPS) is 14.7. The molecule has 6 nitrogen and oxygen atoms in total. The van der Waals surface area contributed by atoms with Gasteiger partial charge in [0.15, 0.2) is 11.5 Å². The smallest absolute Gasteiger partial charge is 0.326 e. The van der Waals surface area contributed by atoms with E-state index in [1.54, 1.807) is 37.5 Å². The minimum atomic E-state index is -0.478. The van der Waals surface area contributed by atoms with Crippen LogP contribution in [0.3, 0.4) is 0 Å². The first kappa shape index (κ1) is 24.1. The van der Waals surface area contributed by atoms with Gasteiger partial charge in [-0.2, -0.15) is 0 Å². The fourth-order valence-corrected chi connectivity index (χ4v) is 4.19. The number of rotatable bonds is 9. The van der Waals surface area contributed by atoms with Crippen LogP contribution in [0.4, 0.5) is 0 Å². The van der Waals surface area contributed by atoms with Crippen LogP contribution in [-0.2, 0) is 20.9 Å². The Labute approximate surface area is 201 Å². The first-order valence-corrected chi connectivity index (χ1v) is 11.5. The van der Waals surface area contributed by atoms with Crippen molar-refractivity contribution in [1.82, 2.24) is 4.90 Å². The monoisotopic (exact) mass is 491 g/mol. The van der Waals surface area contributed by atoms with Gasteiger partial charge in [-0.25, -0.2) is 0 Å². The average molecular weight is 492 g/mol. The summed E-state index contributed by atoms with van der Waals surface area (Å²) in [5.41, 5.74) is 1.72. The third-order valence-electron chi connectivity index (χ3n) is 4.42. The van der Waals surface area contributed by atoms with Crippen LogP contribution in [0.1, 0.15) is 24.5 Å². The van der Waals surface area contributed by atoms with Gasteiger partial charge in [0.2, 0.25) is 0 Å². The van der Waals surface area contributed by atoms with Crippen LogP contribution in [0, 0.1) is 0 Å². The maximum Gasteiger partial charge on any atom is 0.326 e. The second kappa shape index (κ2) is 11.4. The molecule has 0 saturated carbocycles. The number of ether oxygens (including phenoxy) is 3. The van der Waals surface area contributed by atoms with E-state index in [-0.39, 0.29) is 12.5 Å². The largest absolute Gasteiger partial charge is 0.493 e. The number of thioether (sulfide) groups is 1. The standard InChI is InChI=1S/C23H22ClNO5S2/c1-3-10-29-21(26)13-25-22(27)20(32-23(25)31)12-16-6-9-18(19(11-16)28-2)30-14-15-4-7-17(24)8-5-15/h4-9,11-12H,3,10,13-14H2,1-2H3. The number of carbonyl (C=O) groups is 2. The van der Waals surface area contributed by atoms with E-state index in [1.165, 1.54) is 4.90 Å². The average Bonchev–Trinajstić information content (AvgIpc) is 3.05. The molecule has 1 fully saturated rings. The highest BCUT2D eigenvalue weighted by molar-refractivity contribution is 8.26. The van der Waals surface area contributed by atoms with Crippen LogP contribution >= 0.6 is 35.6 Å². The third-order valence-corrected chi connectivity index (χ3v) is 6.05. The predicted molar refractivity (Wildman–Crippen MR) is 130 cm³/mol. The molecule has 0 radical (unpaired) electrons. The summed E-state index contributed by atoms with van der Waals surface area (Å²) in [6.45, 7) is 2.38. The molecular weight excluding hydrogens is 470 g/mol. The van der Waals surface area contributed by atoms with Crippen LogP contribution in [0.5, 0.6) is 11.5 Å². The van der Waals surface area contributed by atoms with Crippen LogP contribution in [0.2, 0.25) is 5.02 Å². The fourth-order valence-electron chi connectivity index (χ4n) is 2.81. The number of thiocarbonyl (C=S) groups is 1. The van der Waals surface area contributed by atoms with Crippen molar-refractivity contribution in [2.45, 2.75) is 20.0 Å². The highest BCUT2D eigenvalue weighted by Gasteiger charge is 2.33. The number of amides is 1. The number of nitrogens with zero attached hydrogens (tertiary/aromatic N) is 1. The molecule has 1 aliphatic heterocycles. The Morgan fingerprint density at radius 2 is 1.94 bits per heavy atom. The van der Waals surface area contributed by atoms with Crippen molar-refractivity contribution in [1.29, 1.82) is 0 Å². The van der Waals surface area contributed by atoms with E-state index in [9.17, 15) is 9.59 Å². The molecule has 1 amide bonds. The second-order valence-electron chi connectivity index (χ2n) is 6.81. The molecule has 1 aliphatic rings. The Morgan fingerprint density at radius 1 is 1.19 bits per heavy atom. The van der Waals surface area contributed by atoms with Crippen molar-refractivity contribution in [2.75, 3.05) is 20.3 Å². The van der Waals surface area contributed by atoms with Gasteiger partial charge in [-0.3, -0.25) is 14.5 Å². The van der Waals surface area contributed by atoms with Gasteiger partial charge in [-0.05, 0) is 47.9 Å². The fraction of sp³-hybridized carbons (Fsp3) is 0.261. The van der Waals surface area contributed by atoms with Gasteiger partial charge in [0, 0.05) is 5.02 Å². The molecule has 1 heterocycles. The summed E-state index contributed by atoms with van der Waals surface area (Å²) in [7, 11) is 1.55. The molecule has 3 rings (SSSR count). The van der Waals surface area contributed by atoms with Crippen LogP contribution in [-0.4, -0.2) is 41.4 Å². The Kier molecular flexibility index (Phi) is 8.55. The highest BCUT2D eigenvalue weighted by Crippen LogP contribution is 2.35. The van der Waals surface area contributed by atoms with Crippen molar-refractivity contribution < 1.29 is 23.8 Å². The van der Waals surface area contributed by atoms with Gasteiger partial charge in [0.25, 0.3) is 5.91 Å². The summed E-state index contributed by atoms with van der Waals surface area (Å²) in [5.74, 6) is 0.306. The highest BCUT2D eigenvalue weighted by atomic mass is 35.5. The van der Waals surface area contributed by atoms with E-state index in [4.69, 9.17) is 38.0 Å². The van der Waals surface area contributed by atoms with Crippen molar-refractivity contribution in [3.05, 3.63) is 63.5 Å². The van der Waals surface area contributed by atoms with E-state index in [0.29, 0.717) is 45.4 Å². The molecule has 9 heteroatoms. The lowest BCUT2D eigenvalue weighted by atomic mass is 10.1. The van der Waals surface area contributed by atoms with Crippen molar-refractivity contribution >= 4 is 57.9 Å². The van der Waals surface area contributed by atoms with Gasteiger partial charge < -0.3 is 14.2 Å². The number of hydrogen-bond donors (Lipinski definition) is 0. The molecular formula is C23H22ClNO5S2. The number of methoxy groups -OCH3 is 1. The van der Waals surface area contributed by atoms with E-state index in [0.717, 1.165) is 22.9 Å². The first-order chi connectivity index (χ1) is 15.4. The van der Waals surface area contributed by atoms with Crippen LogP contribution in [0.15, 0.2) is 47.4 Å². The van der Waals surface area contributed by atoms with Crippen molar-refractivity contribution in [2.24, 2.45) is 0 Å². The van der Waals surface area contributed by atoms with E-state index in [1.807, 2.05) is 25.1 Å². The Bertz CT molecular complexity index is 1040. The number of carbonyl (C=O) groups excluding carboxylic acids is 2. The molecule has 0 atom stereocenters. The Hall–Kier alpha value is -2.55.